The van der Waals surface area contributed by atoms with Gasteiger partial charge < -0.3 is 10.8 Å². The van der Waals surface area contributed by atoms with Crippen molar-refractivity contribution in [2.24, 2.45) is 0 Å². The molecule has 0 saturated heterocycles. The van der Waals surface area contributed by atoms with Gasteiger partial charge in [0.1, 0.15) is 21.3 Å². The SMILES string of the molecule is Cc1nc(-c2c(N)[nH][nH]c2=O)sc1C(=O)O. The first kappa shape index (κ1) is 10.4. The topological polar surface area (TPSA) is 125 Å². The standard InChI is InChI=1S/C8H8N4O3S/c1-2-4(8(14)15)16-7(10-2)3-5(9)11-12-6(3)13/h1H3,(H,14,15)(H4,9,11,12,13). The summed E-state index contributed by atoms with van der Waals surface area (Å²) in [4.78, 5) is 26.3. The number of anilines is 1. The molecule has 0 radical (unpaired) electrons. The van der Waals surface area contributed by atoms with E-state index in [9.17, 15) is 9.59 Å². The van der Waals surface area contributed by atoms with E-state index in [0.29, 0.717) is 10.7 Å². The number of hydrogen-bond donors (Lipinski definition) is 4. The Labute approximate surface area is 92.9 Å². The van der Waals surface area contributed by atoms with Gasteiger partial charge in [0.15, 0.2) is 0 Å². The van der Waals surface area contributed by atoms with Gasteiger partial charge in [-0.15, -0.1) is 11.3 Å². The maximum Gasteiger partial charge on any atom is 0.347 e. The van der Waals surface area contributed by atoms with Crippen LogP contribution in [0.25, 0.3) is 10.6 Å². The van der Waals surface area contributed by atoms with Crippen LogP contribution in [0.5, 0.6) is 0 Å². The molecule has 0 atom stereocenters. The molecule has 16 heavy (non-hydrogen) atoms. The van der Waals surface area contributed by atoms with Gasteiger partial charge in [0, 0.05) is 0 Å². The quantitative estimate of drug-likeness (QED) is 0.605. The summed E-state index contributed by atoms with van der Waals surface area (Å²) in [5, 5.41) is 13.9. The summed E-state index contributed by atoms with van der Waals surface area (Å²) in [6.45, 7) is 1.57. The lowest BCUT2D eigenvalue weighted by atomic mass is 10.3. The fraction of sp³-hybridized carbons (Fsp3) is 0.125. The molecule has 2 aromatic rings. The maximum absolute atomic E-state index is 11.4. The zero-order valence-corrected chi connectivity index (χ0v) is 9.01. The van der Waals surface area contributed by atoms with Gasteiger partial charge in [0.2, 0.25) is 0 Å². The van der Waals surface area contributed by atoms with Gasteiger partial charge in [0.25, 0.3) is 5.56 Å². The van der Waals surface area contributed by atoms with Crippen LogP contribution in [0.2, 0.25) is 0 Å². The summed E-state index contributed by atoms with van der Waals surface area (Å²) in [7, 11) is 0. The molecule has 2 heterocycles. The summed E-state index contributed by atoms with van der Waals surface area (Å²) in [6.07, 6.45) is 0. The minimum Gasteiger partial charge on any atom is -0.477 e. The second kappa shape index (κ2) is 3.49. The average Bonchev–Trinajstić information content (AvgIpc) is 2.70. The van der Waals surface area contributed by atoms with Crippen molar-refractivity contribution >= 4 is 23.1 Å². The van der Waals surface area contributed by atoms with Crippen LogP contribution in [0, 0.1) is 6.92 Å². The molecule has 0 aromatic carbocycles. The molecular weight excluding hydrogens is 232 g/mol. The van der Waals surface area contributed by atoms with Crippen LogP contribution in [-0.2, 0) is 0 Å². The van der Waals surface area contributed by atoms with E-state index in [2.05, 4.69) is 15.2 Å². The number of nitrogens with zero attached hydrogens (tertiary/aromatic N) is 1. The summed E-state index contributed by atoms with van der Waals surface area (Å²) >= 11 is 0.923. The predicted octanol–water partition coefficient (Wildman–Crippen LogP) is 0.415. The van der Waals surface area contributed by atoms with Crippen molar-refractivity contribution < 1.29 is 9.90 Å². The summed E-state index contributed by atoms with van der Waals surface area (Å²) < 4.78 is 0. The fourth-order valence-corrected chi connectivity index (χ4v) is 2.25. The molecule has 2 rings (SSSR count). The second-order valence-electron chi connectivity index (χ2n) is 3.11. The lowest BCUT2D eigenvalue weighted by Crippen LogP contribution is -2.02. The largest absolute Gasteiger partial charge is 0.477 e. The van der Waals surface area contributed by atoms with E-state index in [1.165, 1.54) is 0 Å². The number of hydrogen-bond acceptors (Lipinski definition) is 5. The number of rotatable bonds is 2. The van der Waals surface area contributed by atoms with E-state index >= 15 is 0 Å². The van der Waals surface area contributed by atoms with Crippen LogP contribution >= 0.6 is 11.3 Å². The van der Waals surface area contributed by atoms with Crippen LogP contribution < -0.4 is 11.3 Å². The molecule has 0 aliphatic rings. The number of aromatic nitrogens is 3. The van der Waals surface area contributed by atoms with E-state index in [4.69, 9.17) is 10.8 Å². The number of carboxylic acid groups (broad SMARTS) is 1. The molecule has 8 heteroatoms. The van der Waals surface area contributed by atoms with Crippen molar-refractivity contribution in [2.75, 3.05) is 5.73 Å². The number of H-pyrrole nitrogens is 2. The second-order valence-corrected chi connectivity index (χ2v) is 4.11. The third kappa shape index (κ3) is 1.48. The minimum absolute atomic E-state index is 0.106. The Bertz CT molecular complexity index is 609. The van der Waals surface area contributed by atoms with Gasteiger partial charge in [-0.1, -0.05) is 0 Å². The highest BCUT2D eigenvalue weighted by Crippen LogP contribution is 2.28. The van der Waals surface area contributed by atoms with Crippen LogP contribution in [0.1, 0.15) is 15.4 Å². The molecule has 0 saturated carbocycles. The fourth-order valence-electron chi connectivity index (χ4n) is 1.29. The molecule has 7 nitrogen and oxygen atoms in total. The van der Waals surface area contributed by atoms with E-state index in [-0.39, 0.29) is 16.3 Å². The van der Waals surface area contributed by atoms with Gasteiger partial charge in [-0.3, -0.25) is 15.0 Å². The number of carbonyl (C=O) groups is 1. The Balaban J connectivity index is 2.62. The smallest absolute Gasteiger partial charge is 0.347 e. The minimum atomic E-state index is -1.06. The first-order chi connectivity index (χ1) is 7.50. The van der Waals surface area contributed by atoms with Crippen molar-refractivity contribution in [3.05, 3.63) is 20.9 Å². The molecule has 2 aromatic heterocycles. The zero-order chi connectivity index (χ0) is 11.9. The number of nitrogens with one attached hydrogen (secondary N) is 2. The Kier molecular flexibility index (Phi) is 2.27. The lowest BCUT2D eigenvalue weighted by Gasteiger charge is -1.89. The van der Waals surface area contributed by atoms with Gasteiger partial charge in [0.05, 0.1) is 5.69 Å². The van der Waals surface area contributed by atoms with Crippen LogP contribution in [-0.4, -0.2) is 26.3 Å². The first-order valence-corrected chi connectivity index (χ1v) is 5.09. The molecule has 84 valence electrons. The summed E-state index contributed by atoms with van der Waals surface area (Å²) in [6, 6.07) is 0. The lowest BCUT2D eigenvalue weighted by molar-refractivity contribution is 0.0701. The molecule has 0 unspecified atom stereocenters. The number of carboxylic acids is 1. The Morgan fingerprint density at radius 1 is 1.50 bits per heavy atom. The number of aryl methyl sites for hydroxylation is 1. The van der Waals surface area contributed by atoms with Crippen molar-refractivity contribution in [3.63, 3.8) is 0 Å². The number of aromatic amines is 2. The monoisotopic (exact) mass is 240 g/mol. The number of nitrogen functional groups attached to an aromatic ring is 1. The van der Waals surface area contributed by atoms with Crippen LogP contribution in [0.15, 0.2) is 4.79 Å². The highest BCUT2D eigenvalue weighted by Gasteiger charge is 2.19. The number of aromatic carboxylic acids is 1. The molecule has 0 fully saturated rings. The van der Waals surface area contributed by atoms with Crippen molar-refractivity contribution in [1.29, 1.82) is 0 Å². The third-order valence-electron chi connectivity index (χ3n) is 2.01. The average molecular weight is 240 g/mol. The first-order valence-electron chi connectivity index (χ1n) is 4.28. The van der Waals surface area contributed by atoms with E-state index < -0.39 is 11.5 Å². The Hall–Kier alpha value is -2.09. The van der Waals surface area contributed by atoms with Gasteiger partial charge in [-0.25, -0.2) is 9.78 Å². The van der Waals surface area contributed by atoms with Gasteiger partial charge in [-0.2, -0.15) is 0 Å². The number of thiazole rings is 1. The van der Waals surface area contributed by atoms with E-state index in [0.717, 1.165) is 11.3 Å². The molecule has 0 bridgehead atoms. The molecule has 0 aliphatic carbocycles. The highest BCUT2D eigenvalue weighted by molar-refractivity contribution is 7.17. The molecular formula is C8H8N4O3S. The van der Waals surface area contributed by atoms with Gasteiger partial charge >= 0.3 is 5.97 Å². The molecule has 0 aliphatic heterocycles. The number of nitrogens with two attached hydrogens (primary N) is 1. The molecule has 0 amide bonds. The molecule has 5 N–H and O–H groups in total. The van der Waals surface area contributed by atoms with Crippen LogP contribution in [0.4, 0.5) is 5.82 Å². The van der Waals surface area contributed by atoms with Crippen molar-refractivity contribution in [1.82, 2.24) is 15.2 Å². The maximum atomic E-state index is 11.4. The Morgan fingerprint density at radius 2 is 2.19 bits per heavy atom. The van der Waals surface area contributed by atoms with Gasteiger partial charge in [-0.05, 0) is 6.92 Å². The summed E-state index contributed by atoms with van der Waals surface area (Å²) in [5.74, 6) is -0.914. The third-order valence-corrected chi connectivity index (χ3v) is 3.17. The van der Waals surface area contributed by atoms with E-state index in [1.807, 2.05) is 0 Å². The molecule has 0 spiro atoms. The highest BCUT2D eigenvalue weighted by atomic mass is 32.1. The Morgan fingerprint density at radius 3 is 2.62 bits per heavy atom. The van der Waals surface area contributed by atoms with Crippen molar-refractivity contribution in [2.45, 2.75) is 6.92 Å². The predicted molar refractivity (Wildman–Crippen MR) is 58.6 cm³/mol. The van der Waals surface area contributed by atoms with Crippen LogP contribution in [0.3, 0.4) is 0 Å². The normalized spacial score (nSPS) is 10.6. The van der Waals surface area contributed by atoms with Crippen molar-refractivity contribution in [3.8, 4) is 10.6 Å². The summed E-state index contributed by atoms with van der Waals surface area (Å²) in [5.41, 5.74) is 5.68. The zero-order valence-electron chi connectivity index (χ0n) is 8.20. The van der Waals surface area contributed by atoms with E-state index in [1.54, 1.807) is 6.92 Å².